The van der Waals surface area contributed by atoms with Gasteiger partial charge in [-0.3, -0.25) is 0 Å². The van der Waals surface area contributed by atoms with Gasteiger partial charge in [-0.1, -0.05) is 42.5 Å². The summed E-state index contributed by atoms with van der Waals surface area (Å²) >= 11 is 0. The summed E-state index contributed by atoms with van der Waals surface area (Å²) in [6.45, 7) is 0. The van der Waals surface area contributed by atoms with E-state index in [2.05, 4.69) is 9.98 Å². The number of aromatic amines is 1. The number of nitrogens with one attached hydrogen (secondary N) is 2. The van der Waals surface area contributed by atoms with E-state index in [-0.39, 0.29) is 0 Å². The second-order valence-corrected chi connectivity index (χ2v) is 6.95. The summed E-state index contributed by atoms with van der Waals surface area (Å²) < 4.78 is 39.2. The van der Waals surface area contributed by atoms with Crippen molar-refractivity contribution in [1.29, 1.82) is 0 Å². The fraction of sp³-hybridized carbons (Fsp3) is 0.0417. The van der Waals surface area contributed by atoms with Gasteiger partial charge in [0.05, 0.1) is 16.7 Å². The van der Waals surface area contributed by atoms with Gasteiger partial charge in [0.2, 0.25) is 5.69 Å². The first-order valence-corrected chi connectivity index (χ1v) is 9.20. The third kappa shape index (κ3) is 2.95. The maximum absolute atomic E-state index is 13.1. The quantitative estimate of drug-likeness (QED) is 0.486. The van der Waals surface area contributed by atoms with Gasteiger partial charge in [0.1, 0.15) is 0 Å². The monoisotopic (exact) mass is 389 g/mol. The van der Waals surface area contributed by atoms with E-state index in [4.69, 9.17) is 0 Å². The highest BCUT2D eigenvalue weighted by molar-refractivity contribution is 6.24. The molecule has 4 aromatic rings. The molecule has 0 fully saturated rings. The topological polar surface area (TPSA) is 29.8 Å². The lowest BCUT2D eigenvalue weighted by Crippen LogP contribution is -2.58. The molecule has 3 aromatic carbocycles. The molecule has 0 aliphatic carbocycles. The summed E-state index contributed by atoms with van der Waals surface area (Å²) in [5.74, 6) is 0. The molecular weight excluding hydrogens is 373 g/mol. The van der Waals surface area contributed by atoms with E-state index >= 15 is 0 Å². The van der Waals surface area contributed by atoms with Crippen LogP contribution in [-0.2, 0) is 6.18 Å². The lowest BCUT2D eigenvalue weighted by molar-refractivity contribution is -0.342. The van der Waals surface area contributed by atoms with E-state index in [1.54, 1.807) is 12.1 Å². The second-order valence-electron chi connectivity index (χ2n) is 6.95. The number of hydrogen-bond acceptors (Lipinski definition) is 0. The van der Waals surface area contributed by atoms with Crippen molar-refractivity contribution in [2.24, 2.45) is 0 Å². The molecule has 5 heteroatoms. The zero-order valence-corrected chi connectivity index (χ0v) is 15.2. The minimum absolute atomic E-state index is 0.654. The summed E-state index contributed by atoms with van der Waals surface area (Å²) in [6.07, 6.45) is -0.529. The number of halogens is 3. The van der Waals surface area contributed by atoms with Gasteiger partial charge >= 0.3 is 6.18 Å². The zero-order valence-electron chi connectivity index (χ0n) is 15.2. The molecular formula is C24H16F3N2+. The van der Waals surface area contributed by atoms with Crippen LogP contribution in [0.2, 0.25) is 0 Å². The van der Waals surface area contributed by atoms with Gasteiger partial charge in [0, 0.05) is 34.3 Å². The molecule has 0 atom stereocenters. The van der Waals surface area contributed by atoms with Gasteiger partial charge in [-0.05, 0) is 29.8 Å². The Balaban J connectivity index is 1.78. The minimum Gasteiger partial charge on any atom is -0.361 e. The van der Waals surface area contributed by atoms with Crippen molar-refractivity contribution in [1.82, 2.24) is 4.98 Å². The van der Waals surface area contributed by atoms with E-state index in [1.807, 2.05) is 60.9 Å². The fourth-order valence-electron chi connectivity index (χ4n) is 3.84. The molecule has 142 valence electrons. The predicted molar refractivity (Wildman–Crippen MR) is 109 cm³/mol. The number of para-hydroxylation sites is 2. The molecule has 5 rings (SSSR count). The van der Waals surface area contributed by atoms with Gasteiger partial charge < -0.3 is 4.98 Å². The lowest BCUT2D eigenvalue weighted by atomic mass is 9.89. The highest BCUT2D eigenvalue weighted by Gasteiger charge is 2.31. The lowest BCUT2D eigenvalue weighted by Gasteiger charge is -2.12. The van der Waals surface area contributed by atoms with E-state index in [1.165, 1.54) is 0 Å². The van der Waals surface area contributed by atoms with Gasteiger partial charge in [0.15, 0.2) is 6.21 Å². The maximum atomic E-state index is 13.1. The Morgan fingerprint density at radius 2 is 1.55 bits per heavy atom. The third-order valence-electron chi connectivity index (χ3n) is 5.22. The Morgan fingerprint density at radius 3 is 2.34 bits per heavy atom. The Hall–Kier alpha value is -3.60. The summed E-state index contributed by atoms with van der Waals surface area (Å²) in [5.41, 5.74) is 5.83. The van der Waals surface area contributed by atoms with Crippen LogP contribution in [0.15, 0.2) is 79.0 Å². The van der Waals surface area contributed by atoms with Crippen LogP contribution >= 0.6 is 0 Å². The number of H-pyrrole nitrogens is 1. The molecule has 0 saturated carbocycles. The minimum atomic E-state index is -4.36. The highest BCUT2D eigenvalue weighted by Crippen LogP contribution is 2.38. The van der Waals surface area contributed by atoms with Gasteiger partial charge in [-0.25, -0.2) is 4.99 Å². The molecule has 0 bridgehead atoms. The van der Waals surface area contributed by atoms with Crippen LogP contribution in [0.25, 0.3) is 22.0 Å². The number of benzene rings is 3. The Morgan fingerprint density at radius 1 is 0.828 bits per heavy atom. The number of rotatable bonds is 2. The van der Waals surface area contributed by atoms with Crippen molar-refractivity contribution < 1.29 is 18.2 Å². The summed E-state index contributed by atoms with van der Waals surface area (Å²) in [6, 6.07) is 21.2. The number of hydrogen-bond donors (Lipinski definition) is 2. The highest BCUT2D eigenvalue weighted by atomic mass is 19.4. The fourth-order valence-corrected chi connectivity index (χ4v) is 3.84. The molecule has 0 unspecified atom stereocenters. The molecule has 1 aliphatic heterocycles. The van der Waals surface area contributed by atoms with Crippen molar-refractivity contribution >= 4 is 34.0 Å². The molecule has 29 heavy (non-hydrogen) atoms. The Kier molecular flexibility index (Phi) is 3.91. The van der Waals surface area contributed by atoms with Crippen molar-refractivity contribution in [2.45, 2.75) is 6.18 Å². The van der Waals surface area contributed by atoms with Gasteiger partial charge in [-0.15, -0.1) is 0 Å². The molecule has 0 radical (unpaired) electrons. The van der Waals surface area contributed by atoms with Crippen LogP contribution < -0.4 is 4.99 Å². The Bertz CT molecular complexity index is 1280. The van der Waals surface area contributed by atoms with Crippen LogP contribution in [0.4, 0.5) is 18.9 Å². The number of aromatic nitrogens is 1. The van der Waals surface area contributed by atoms with E-state index in [0.717, 1.165) is 56.6 Å². The van der Waals surface area contributed by atoms with Crippen molar-refractivity contribution in [2.75, 3.05) is 0 Å². The Labute approximate surface area is 165 Å². The molecule has 1 aromatic heterocycles. The largest absolute Gasteiger partial charge is 0.416 e. The summed E-state index contributed by atoms with van der Waals surface area (Å²) in [5, 5.41) is 1.02. The smallest absolute Gasteiger partial charge is 0.361 e. The maximum Gasteiger partial charge on any atom is 0.416 e. The van der Waals surface area contributed by atoms with E-state index < -0.39 is 11.7 Å². The van der Waals surface area contributed by atoms with Crippen LogP contribution in [-0.4, -0.2) is 11.2 Å². The van der Waals surface area contributed by atoms with Crippen molar-refractivity contribution in [3.63, 3.8) is 0 Å². The van der Waals surface area contributed by atoms with Crippen molar-refractivity contribution in [3.05, 3.63) is 101 Å². The van der Waals surface area contributed by atoms with E-state index in [0.29, 0.717) is 0 Å². The standard InChI is InChI=1S/C24H15F3N2/c25-24(26,27)16-11-9-15(10-12-16)23(19-13-28-21-7-3-1-5-17(19)21)20-14-29-22-8-4-2-6-18(20)22/h1-14,28H/p+1/b23-20+. The average molecular weight is 389 g/mol. The zero-order chi connectivity index (χ0) is 20.0. The van der Waals surface area contributed by atoms with Gasteiger partial charge in [0.25, 0.3) is 0 Å². The van der Waals surface area contributed by atoms with E-state index in [9.17, 15) is 13.2 Å². The SMILES string of the molecule is FC(F)(F)c1ccc(/C(=C2/C=[NH+]c3ccccc32)c2c[nH]c3ccccc23)cc1. The first kappa shape index (κ1) is 17.5. The summed E-state index contributed by atoms with van der Waals surface area (Å²) in [7, 11) is 0. The molecule has 0 spiro atoms. The predicted octanol–water partition coefficient (Wildman–Crippen LogP) is 4.94. The molecule has 0 saturated heterocycles. The number of alkyl halides is 3. The van der Waals surface area contributed by atoms with Crippen LogP contribution in [0.3, 0.4) is 0 Å². The van der Waals surface area contributed by atoms with Crippen molar-refractivity contribution in [3.8, 4) is 0 Å². The first-order valence-electron chi connectivity index (χ1n) is 9.20. The van der Waals surface area contributed by atoms with Crippen LogP contribution in [0.5, 0.6) is 0 Å². The van der Waals surface area contributed by atoms with Crippen LogP contribution in [0.1, 0.15) is 22.3 Å². The molecule has 2 heterocycles. The third-order valence-corrected chi connectivity index (χ3v) is 5.22. The van der Waals surface area contributed by atoms with Crippen LogP contribution in [0, 0.1) is 0 Å². The number of allylic oxidation sites excluding steroid dienone is 1. The summed E-state index contributed by atoms with van der Waals surface area (Å²) in [4.78, 5) is 6.55. The first-order chi connectivity index (χ1) is 14.0. The number of fused-ring (bicyclic) bond motifs is 2. The molecule has 0 amide bonds. The van der Waals surface area contributed by atoms with Gasteiger partial charge in [-0.2, -0.15) is 13.2 Å². The second kappa shape index (κ2) is 6.48. The average Bonchev–Trinajstić information content (AvgIpc) is 3.34. The molecule has 2 N–H and O–H groups in total. The molecule has 2 nitrogen and oxygen atoms in total. The molecule has 1 aliphatic rings. The normalized spacial score (nSPS) is 15.0.